The monoisotopic (exact) mass is 128 g/mol. The third kappa shape index (κ3) is 32.0. The van der Waals surface area contributed by atoms with Crippen LogP contribution < -0.4 is 0 Å². The van der Waals surface area contributed by atoms with Crippen LogP contribution in [0.4, 0.5) is 0 Å². The number of hydrogen-bond donors (Lipinski definition) is 0. The fourth-order valence-corrected chi connectivity index (χ4v) is 0.167. The zero-order chi connectivity index (χ0) is 7.49. The van der Waals surface area contributed by atoms with Crippen LogP contribution in [0, 0.1) is 11.3 Å². The molecule has 0 saturated heterocycles. The van der Waals surface area contributed by atoms with E-state index in [1.807, 2.05) is 0 Å². The Kier molecular flexibility index (Phi) is 3.24. The number of rotatable bonds is 0. The molecule has 1 fully saturated rings. The summed E-state index contributed by atoms with van der Waals surface area (Å²) in [5, 5.41) is 0. The summed E-state index contributed by atoms with van der Waals surface area (Å²) in [7, 11) is 0. The van der Waals surface area contributed by atoms with E-state index in [9.17, 15) is 0 Å². The lowest BCUT2D eigenvalue weighted by Crippen LogP contribution is -1.93. The highest BCUT2D eigenvalue weighted by Crippen LogP contribution is 2.26. The Morgan fingerprint density at radius 2 is 1.11 bits per heavy atom. The van der Waals surface area contributed by atoms with Crippen LogP contribution >= 0.6 is 0 Å². The van der Waals surface area contributed by atoms with Crippen LogP contribution in [-0.4, -0.2) is 0 Å². The maximum absolute atomic E-state index is 2.28. The molecule has 0 amide bonds. The molecule has 0 heterocycles. The molecule has 1 saturated carbocycles. The first-order chi connectivity index (χ1) is 3.89. The van der Waals surface area contributed by atoms with Crippen LogP contribution in [0.1, 0.15) is 47.5 Å². The molecule has 0 unspecified atom stereocenters. The van der Waals surface area contributed by atoms with Gasteiger partial charge in [0.25, 0.3) is 0 Å². The summed E-state index contributed by atoms with van der Waals surface area (Å²) in [6, 6.07) is 0. The lowest BCUT2D eigenvalue weighted by atomic mass is 10.0. The van der Waals surface area contributed by atoms with Crippen molar-refractivity contribution in [2.45, 2.75) is 47.5 Å². The van der Waals surface area contributed by atoms with E-state index in [1.54, 1.807) is 0 Å². The van der Waals surface area contributed by atoms with Crippen molar-refractivity contribution < 1.29 is 0 Å². The fourth-order valence-electron chi connectivity index (χ4n) is 0.167. The lowest BCUT2D eigenvalue weighted by molar-refractivity contribution is 0.469. The molecule has 0 N–H and O–H groups in total. The molecule has 0 aliphatic heterocycles. The van der Waals surface area contributed by atoms with Gasteiger partial charge >= 0.3 is 0 Å². The summed E-state index contributed by atoms with van der Waals surface area (Å²) in [5.74, 6) is 1.08. The van der Waals surface area contributed by atoms with Crippen LogP contribution in [0.2, 0.25) is 0 Å². The van der Waals surface area contributed by atoms with Crippen molar-refractivity contribution in [2.24, 2.45) is 11.3 Å². The number of hydrogen-bond acceptors (Lipinski definition) is 0. The Bertz CT molecular complexity index is 56.6. The van der Waals surface area contributed by atoms with Gasteiger partial charge in [0.15, 0.2) is 0 Å². The third-order valence-corrected chi connectivity index (χ3v) is 0.866. The van der Waals surface area contributed by atoms with Gasteiger partial charge in [-0.3, -0.25) is 0 Å². The highest BCUT2D eigenvalue weighted by atomic mass is 14.2. The van der Waals surface area contributed by atoms with Gasteiger partial charge < -0.3 is 0 Å². The largest absolute Gasteiger partial charge is 0.0625 e. The lowest BCUT2D eigenvalue weighted by Gasteiger charge is -2.05. The van der Waals surface area contributed by atoms with Gasteiger partial charge in [-0.2, -0.15) is 0 Å². The van der Waals surface area contributed by atoms with E-state index in [0.29, 0.717) is 5.41 Å². The van der Waals surface area contributed by atoms with Gasteiger partial charge in [-0.1, -0.05) is 47.5 Å². The summed E-state index contributed by atoms with van der Waals surface area (Å²) in [6.45, 7) is 11.0. The Morgan fingerprint density at radius 1 is 1.00 bits per heavy atom. The summed E-state index contributed by atoms with van der Waals surface area (Å²) >= 11 is 0. The maximum atomic E-state index is 2.28. The average Bonchev–Trinajstić information content (AvgIpc) is 2.13. The van der Waals surface area contributed by atoms with Crippen molar-refractivity contribution >= 4 is 0 Å². The Balaban J connectivity index is 0.000000144. The summed E-state index contributed by atoms with van der Waals surface area (Å²) < 4.78 is 0. The topological polar surface area (TPSA) is 0 Å². The molecule has 0 heteroatoms. The molecule has 0 radical (unpaired) electrons. The summed E-state index contributed by atoms with van der Waals surface area (Å²) in [4.78, 5) is 0. The molecule has 56 valence electrons. The van der Waals surface area contributed by atoms with Gasteiger partial charge in [0.2, 0.25) is 0 Å². The van der Waals surface area contributed by atoms with Crippen molar-refractivity contribution in [1.29, 1.82) is 0 Å². The van der Waals surface area contributed by atoms with Gasteiger partial charge in [-0.15, -0.1) is 0 Å². The minimum absolute atomic E-state index is 0.500. The molecule has 0 aromatic heterocycles. The second kappa shape index (κ2) is 3.24. The second-order valence-corrected chi connectivity index (χ2v) is 4.68. The standard InChI is InChI=1S/C5H12.C4H8/c1-5(2,3)4;1-4-2-3-4/h1-4H3;4H,2-3H2,1H3. The first-order valence-electron chi connectivity index (χ1n) is 3.89. The predicted molar refractivity (Wildman–Crippen MR) is 43.5 cm³/mol. The molecule has 0 atom stereocenters. The molecule has 0 spiro atoms. The van der Waals surface area contributed by atoms with Gasteiger partial charge in [0, 0.05) is 0 Å². The van der Waals surface area contributed by atoms with E-state index in [-0.39, 0.29) is 0 Å². The fraction of sp³-hybridized carbons (Fsp3) is 1.00. The zero-order valence-corrected chi connectivity index (χ0v) is 7.49. The van der Waals surface area contributed by atoms with Crippen molar-refractivity contribution in [3.05, 3.63) is 0 Å². The molecule has 0 aromatic rings. The average molecular weight is 128 g/mol. The molecule has 0 aromatic carbocycles. The van der Waals surface area contributed by atoms with Crippen LogP contribution in [0.3, 0.4) is 0 Å². The SMILES string of the molecule is CC(C)(C)C.CC1CC1. The van der Waals surface area contributed by atoms with Gasteiger partial charge in [0.1, 0.15) is 0 Å². The van der Waals surface area contributed by atoms with Crippen LogP contribution in [0.15, 0.2) is 0 Å². The quantitative estimate of drug-likeness (QED) is 0.468. The second-order valence-electron chi connectivity index (χ2n) is 4.68. The summed E-state index contributed by atoms with van der Waals surface area (Å²) in [6.07, 6.45) is 2.97. The molecule has 0 bridgehead atoms. The smallest absolute Gasteiger partial charge is 0.0411 e. The minimum atomic E-state index is 0.500. The van der Waals surface area contributed by atoms with E-state index >= 15 is 0 Å². The molecule has 0 nitrogen and oxygen atoms in total. The van der Waals surface area contributed by atoms with Crippen molar-refractivity contribution in [3.63, 3.8) is 0 Å². The highest BCUT2D eigenvalue weighted by molar-refractivity contribution is 4.65. The molecule has 9 heavy (non-hydrogen) atoms. The van der Waals surface area contributed by atoms with Crippen LogP contribution in [-0.2, 0) is 0 Å². The molecular formula is C9H20. The molecule has 1 rings (SSSR count). The van der Waals surface area contributed by atoms with Crippen LogP contribution in [0.25, 0.3) is 0 Å². The highest BCUT2D eigenvalue weighted by Gasteiger charge is 2.12. The Hall–Kier alpha value is 0. The molecular weight excluding hydrogens is 108 g/mol. The first kappa shape index (κ1) is 9.00. The van der Waals surface area contributed by atoms with Crippen molar-refractivity contribution in [2.75, 3.05) is 0 Å². The normalized spacial score (nSPS) is 18.3. The van der Waals surface area contributed by atoms with Crippen molar-refractivity contribution in [3.8, 4) is 0 Å². The summed E-state index contributed by atoms with van der Waals surface area (Å²) in [5.41, 5.74) is 0.500. The predicted octanol–water partition coefficient (Wildman–Crippen LogP) is 3.47. The van der Waals surface area contributed by atoms with E-state index in [4.69, 9.17) is 0 Å². The van der Waals surface area contributed by atoms with E-state index in [2.05, 4.69) is 34.6 Å². The van der Waals surface area contributed by atoms with Crippen molar-refractivity contribution in [1.82, 2.24) is 0 Å². The Morgan fingerprint density at radius 3 is 1.11 bits per heavy atom. The van der Waals surface area contributed by atoms with Gasteiger partial charge in [-0.25, -0.2) is 0 Å². The third-order valence-electron chi connectivity index (χ3n) is 0.866. The Labute approximate surface area is 59.7 Å². The van der Waals surface area contributed by atoms with E-state index in [1.165, 1.54) is 12.8 Å². The van der Waals surface area contributed by atoms with Crippen LogP contribution in [0.5, 0.6) is 0 Å². The van der Waals surface area contributed by atoms with E-state index < -0.39 is 0 Å². The molecule has 1 aliphatic carbocycles. The van der Waals surface area contributed by atoms with E-state index in [0.717, 1.165) is 5.92 Å². The minimum Gasteiger partial charge on any atom is -0.0625 e. The molecule has 1 aliphatic rings. The van der Waals surface area contributed by atoms with Gasteiger partial charge in [0.05, 0.1) is 0 Å². The zero-order valence-electron chi connectivity index (χ0n) is 7.49. The van der Waals surface area contributed by atoms with Gasteiger partial charge in [-0.05, 0) is 11.3 Å². The maximum Gasteiger partial charge on any atom is -0.0411 e. The first-order valence-corrected chi connectivity index (χ1v) is 3.89.